The van der Waals surface area contributed by atoms with E-state index in [1.54, 1.807) is 0 Å². The van der Waals surface area contributed by atoms with Gasteiger partial charge in [0.25, 0.3) is 0 Å². The number of carboxylic acid groups (broad SMARTS) is 1. The second-order valence-electron chi connectivity index (χ2n) is 2.49. The molecule has 70 valence electrons. The summed E-state index contributed by atoms with van der Waals surface area (Å²) in [4.78, 5) is 21.2. The maximum absolute atomic E-state index is 11.1. The summed E-state index contributed by atoms with van der Waals surface area (Å²) in [5, 5.41) is 8.30. The van der Waals surface area contributed by atoms with Gasteiger partial charge in [-0.1, -0.05) is 6.92 Å². The van der Waals surface area contributed by atoms with Crippen LogP contribution >= 0.6 is 0 Å². The van der Waals surface area contributed by atoms with Gasteiger partial charge in [0.2, 0.25) is 0 Å². The maximum Gasteiger partial charge on any atom is 0.303 e. The fraction of sp³-hybridized carbons (Fsp3) is 0.750. The molecule has 0 fully saturated rings. The lowest BCUT2D eigenvalue weighted by Gasteiger charge is -2.09. The number of hydrogen-bond acceptors (Lipinski definition) is 3. The first-order valence-corrected chi connectivity index (χ1v) is 3.89. The molecule has 0 saturated carbocycles. The first-order chi connectivity index (χ1) is 5.61. The quantitative estimate of drug-likeness (QED) is 0.648. The highest BCUT2D eigenvalue weighted by Gasteiger charge is 2.15. The van der Waals surface area contributed by atoms with E-state index in [1.807, 2.05) is 6.92 Å². The van der Waals surface area contributed by atoms with Crippen LogP contribution in [-0.4, -0.2) is 30.1 Å². The van der Waals surface area contributed by atoms with Crippen molar-refractivity contribution in [3.8, 4) is 0 Å². The van der Waals surface area contributed by atoms with Crippen LogP contribution in [0.1, 0.15) is 26.2 Å². The number of hydrogen-bond donors (Lipinski definition) is 1. The zero-order valence-corrected chi connectivity index (χ0v) is 7.37. The first kappa shape index (κ1) is 11.1. The van der Waals surface area contributed by atoms with Gasteiger partial charge in [0.15, 0.2) is 5.78 Å². The van der Waals surface area contributed by atoms with E-state index in [0.717, 1.165) is 0 Å². The summed E-state index contributed by atoms with van der Waals surface area (Å²) in [5.41, 5.74) is 0. The number of rotatable bonds is 6. The Bertz CT molecular complexity index is 160. The molecule has 0 aliphatic carbocycles. The summed E-state index contributed by atoms with van der Waals surface area (Å²) in [6, 6.07) is 0. The van der Waals surface area contributed by atoms with Crippen molar-refractivity contribution in [2.75, 3.05) is 7.11 Å². The zero-order valence-electron chi connectivity index (χ0n) is 7.37. The van der Waals surface area contributed by atoms with Gasteiger partial charge < -0.3 is 9.84 Å². The number of methoxy groups -OCH3 is 1. The Morgan fingerprint density at radius 3 is 2.33 bits per heavy atom. The van der Waals surface area contributed by atoms with Crippen LogP contribution in [0, 0.1) is 0 Å². The lowest BCUT2D eigenvalue weighted by Crippen LogP contribution is -2.22. The van der Waals surface area contributed by atoms with Gasteiger partial charge in [-0.15, -0.1) is 0 Å². The Morgan fingerprint density at radius 1 is 1.42 bits per heavy atom. The molecule has 0 spiro atoms. The molecule has 4 heteroatoms. The molecule has 0 aliphatic rings. The third-order valence-corrected chi connectivity index (χ3v) is 1.60. The summed E-state index contributed by atoms with van der Waals surface area (Å²) in [6.07, 6.45) is 0.0966. The van der Waals surface area contributed by atoms with Crippen LogP contribution < -0.4 is 0 Å². The van der Waals surface area contributed by atoms with Gasteiger partial charge in [0.05, 0.1) is 6.42 Å². The van der Waals surface area contributed by atoms with Gasteiger partial charge in [0, 0.05) is 13.5 Å². The minimum atomic E-state index is -0.950. The molecule has 0 aromatic carbocycles. The fourth-order valence-electron chi connectivity index (χ4n) is 0.917. The Morgan fingerprint density at radius 2 is 2.00 bits per heavy atom. The van der Waals surface area contributed by atoms with Crippen molar-refractivity contribution < 1.29 is 19.4 Å². The molecule has 0 aromatic rings. The van der Waals surface area contributed by atoms with Crippen LogP contribution in [0.2, 0.25) is 0 Å². The monoisotopic (exact) mass is 174 g/mol. The minimum absolute atomic E-state index is 0.0572. The number of carboxylic acids is 1. The molecule has 0 heterocycles. The molecule has 1 atom stereocenters. The summed E-state index contributed by atoms with van der Waals surface area (Å²) in [6.45, 7) is 1.83. The van der Waals surface area contributed by atoms with Crippen LogP contribution in [0.15, 0.2) is 0 Å². The van der Waals surface area contributed by atoms with Gasteiger partial charge >= 0.3 is 5.97 Å². The third kappa shape index (κ3) is 4.08. The molecule has 0 bridgehead atoms. The van der Waals surface area contributed by atoms with Crippen LogP contribution in [0.3, 0.4) is 0 Å². The Labute approximate surface area is 71.5 Å². The van der Waals surface area contributed by atoms with Crippen molar-refractivity contribution in [1.29, 1.82) is 0 Å². The molecule has 0 aliphatic heterocycles. The molecular weight excluding hydrogens is 160 g/mol. The maximum atomic E-state index is 11.1. The first-order valence-electron chi connectivity index (χ1n) is 3.89. The molecule has 12 heavy (non-hydrogen) atoms. The van der Waals surface area contributed by atoms with E-state index in [4.69, 9.17) is 9.84 Å². The molecule has 1 N–H and O–H groups in total. The number of aliphatic carboxylic acids is 1. The van der Waals surface area contributed by atoms with Crippen molar-refractivity contribution in [3.05, 3.63) is 0 Å². The number of Topliss-reactive ketones (excluding diaryl/α,β-unsaturated/α-hetero) is 1. The third-order valence-electron chi connectivity index (χ3n) is 1.60. The topological polar surface area (TPSA) is 63.6 Å². The number of ether oxygens (including phenoxy) is 1. The van der Waals surface area contributed by atoms with Gasteiger partial charge in [-0.05, 0) is 6.42 Å². The summed E-state index contributed by atoms with van der Waals surface area (Å²) < 4.78 is 4.85. The van der Waals surface area contributed by atoms with Gasteiger partial charge in [-0.2, -0.15) is 0 Å². The van der Waals surface area contributed by atoms with Gasteiger partial charge in [0.1, 0.15) is 6.10 Å². The van der Waals surface area contributed by atoms with E-state index in [9.17, 15) is 9.59 Å². The van der Waals surface area contributed by atoms with Crippen molar-refractivity contribution in [2.45, 2.75) is 32.3 Å². The SMILES string of the molecule is CCC(OC)C(=O)CCC(=O)O. The van der Waals surface area contributed by atoms with Crippen LogP contribution in [0.4, 0.5) is 0 Å². The fourth-order valence-corrected chi connectivity index (χ4v) is 0.917. The molecule has 0 radical (unpaired) electrons. The molecule has 1 unspecified atom stereocenters. The Balaban J connectivity index is 3.77. The van der Waals surface area contributed by atoms with Gasteiger partial charge in [-0.25, -0.2) is 0 Å². The highest BCUT2D eigenvalue weighted by Crippen LogP contribution is 2.03. The molecule has 0 amide bonds. The summed E-state index contributed by atoms with van der Waals surface area (Å²) >= 11 is 0. The van der Waals surface area contributed by atoms with Crippen LogP contribution in [0.25, 0.3) is 0 Å². The minimum Gasteiger partial charge on any atom is -0.481 e. The van der Waals surface area contributed by atoms with Crippen LogP contribution in [0.5, 0.6) is 0 Å². The smallest absolute Gasteiger partial charge is 0.303 e. The second-order valence-corrected chi connectivity index (χ2v) is 2.49. The molecular formula is C8H14O4. The lowest BCUT2D eigenvalue weighted by molar-refractivity contribution is -0.140. The van der Waals surface area contributed by atoms with Crippen molar-refractivity contribution in [3.63, 3.8) is 0 Å². The number of ketones is 1. The highest BCUT2D eigenvalue weighted by molar-refractivity contribution is 5.85. The normalized spacial score (nSPS) is 12.5. The number of carbonyl (C=O) groups is 2. The summed E-state index contributed by atoms with van der Waals surface area (Å²) in [5.74, 6) is -1.09. The van der Waals surface area contributed by atoms with Crippen molar-refractivity contribution in [2.24, 2.45) is 0 Å². The molecule has 4 nitrogen and oxygen atoms in total. The highest BCUT2D eigenvalue weighted by atomic mass is 16.5. The second kappa shape index (κ2) is 5.71. The lowest BCUT2D eigenvalue weighted by atomic mass is 10.1. The van der Waals surface area contributed by atoms with E-state index >= 15 is 0 Å². The average Bonchev–Trinajstić information content (AvgIpc) is 2.03. The van der Waals surface area contributed by atoms with E-state index in [0.29, 0.717) is 6.42 Å². The van der Waals surface area contributed by atoms with E-state index in [1.165, 1.54) is 7.11 Å². The van der Waals surface area contributed by atoms with E-state index in [2.05, 4.69) is 0 Å². The van der Waals surface area contributed by atoms with E-state index < -0.39 is 12.1 Å². The Kier molecular flexibility index (Phi) is 5.28. The summed E-state index contributed by atoms with van der Waals surface area (Å²) in [7, 11) is 1.45. The van der Waals surface area contributed by atoms with Gasteiger partial charge in [-0.3, -0.25) is 9.59 Å². The Hall–Kier alpha value is -0.900. The van der Waals surface area contributed by atoms with Crippen molar-refractivity contribution in [1.82, 2.24) is 0 Å². The van der Waals surface area contributed by atoms with Crippen LogP contribution in [-0.2, 0) is 14.3 Å². The molecule has 0 saturated heterocycles. The largest absolute Gasteiger partial charge is 0.481 e. The average molecular weight is 174 g/mol. The predicted octanol–water partition coefficient (Wildman–Crippen LogP) is 0.845. The zero-order chi connectivity index (χ0) is 9.56. The number of carbonyl (C=O) groups excluding carboxylic acids is 1. The van der Waals surface area contributed by atoms with Crippen molar-refractivity contribution >= 4 is 11.8 Å². The standard InChI is InChI=1S/C8H14O4/c1-3-7(12-2)6(9)4-5-8(10)11/h7H,3-5H2,1-2H3,(H,10,11). The predicted molar refractivity (Wildman–Crippen MR) is 43.0 cm³/mol. The van der Waals surface area contributed by atoms with E-state index in [-0.39, 0.29) is 18.6 Å². The molecule has 0 rings (SSSR count). The molecule has 0 aromatic heterocycles.